The fourth-order valence-electron chi connectivity index (χ4n) is 3.50. The summed E-state index contributed by atoms with van der Waals surface area (Å²) in [4.78, 5) is 16.7. The topological polar surface area (TPSA) is 49.6 Å². The first-order valence-corrected chi connectivity index (χ1v) is 8.00. The minimum absolute atomic E-state index is 0.277. The Kier molecular flexibility index (Phi) is 4.15. The summed E-state index contributed by atoms with van der Waals surface area (Å²) in [6.07, 6.45) is 3.38. The van der Waals surface area contributed by atoms with Gasteiger partial charge in [0.15, 0.2) is 0 Å². The maximum atomic E-state index is 12.5. The van der Waals surface area contributed by atoms with E-state index >= 15 is 0 Å². The van der Waals surface area contributed by atoms with E-state index in [4.69, 9.17) is 5.73 Å². The molecule has 114 valence electrons. The summed E-state index contributed by atoms with van der Waals surface area (Å²) in [6, 6.07) is 6.12. The van der Waals surface area contributed by atoms with Crippen molar-refractivity contribution in [2.75, 3.05) is 31.9 Å². The van der Waals surface area contributed by atoms with Gasteiger partial charge in [0.25, 0.3) is 0 Å². The molecule has 2 aliphatic rings. The molecular formula is C17H25N3O. The SMILES string of the molecule is CC1CCCN(C(=O)CN2CCc3cccc(N)c3C2)C1. The molecule has 1 fully saturated rings. The highest BCUT2D eigenvalue weighted by Crippen LogP contribution is 2.24. The number of rotatable bonds is 2. The first-order chi connectivity index (χ1) is 10.1. The molecule has 1 amide bonds. The van der Waals surface area contributed by atoms with E-state index < -0.39 is 0 Å². The van der Waals surface area contributed by atoms with Crippen molar-refractivity contribution in [2.24, 2.45) is 5.92 Å². The molecule has 4 nitrogen and oxygen atoms in total. The molecule has 0 aromatic heterocycles. The van der Waals surface area contributed by atoms with Crippen LogP contribution in [0.1, 0.15) is 30.9 Å². The predicted molar refractivity (Wildman–Crippen MR) is 84.8 cm³/mol. The first-order valence-electron chi connectivity index (χ1n) is 8.00. The monoisotopic (exact) mass is 287 g/mol. The molecule has 21 heavy (non-hydrogen) atoms. The van der Waals surface area contributed by atoms with E-state index in [0.717, 1.165) is 44.7 Å². The predicted octanol–water partition coefficient (Wildman–Crippen LogP) is 1.89. The third-order valence-electron chi connectivity index (χ3n) is 4.76. The highest BCUT2D eigenvalue weighted by molar-refractivity contribution is 5.78. The zero-order chi connectivity index (χ0) is 14.8. The maximum Gasteiger partial charge on any atom is 0.236 e. The number of hydrogen-bond donors (Lipinski definition) is 1. The van der Waals surface area contributed by atoms with E-state index in [2.05, 4.69) is 17.9 Å². The second-order valence-electron chi connectivity index (χ2n) is 6.53. The van der Waals surface area contributed by atoms with Crippen molar-refractivity contribution in [3.63, 3.8) is 0 Å². The minimum atomic E-state index is 0.277. The first kappa shape index (κ1) is 14.4. The normalized spacial score (nSPS) is 22.9. The van der Waals surface area contributed by atoms with Gasteiger partial charge in [-0.25, -0.2) is 0 Å². The van der Waals surface area contributed by atoms with Crippen molar-refractivity contribution in [3.8, 4) is 0 Å². The van der Waals surface area contributed by atoms with Crippen LogP contribution in [-0.4, -0.2) is 41.9 Å². The number of nitrogen functional groups attached to an aromatic ring is 1. The van der Waals surface area contributed by atoms with Gasteiger partial charge in [-0.15, -0.1) is 0 Å². The van der Waals surface area contributed by atoms with Gasteiger partial charge in [0.2, 0.25) is 5.91 Å². The lowest BCUT2D eigenvalue weighted by atomic mass is 9.98. The molecule has 2 heterocycles. The van der Waals surface area contributed by atoms with Gasteiger partial charge >= 0.3 is 0 Å². The van der Waals surface area contributed by atoms with Gasteiger partial charge in [0, 0.05) is 31.9 Å². The van der Waals surface area contributed by atoms with Gasteiger partial charge in [-0.05, 0) is 42.4 Å². The van der Waals surface area contributed by atoms with Crippen LogP contribution < -0.4 is 5.73 Å². The largest absolute Gasteiger partial charge is 0.398 e. The number of amides is 1. The van der Waals surface area contributed by atoms with Gasteiger partial charge in [-0.3, -0.25) is 9.69 Å². The average molecular weight is 287 g/mol. The Labute approximate surface area is 126 Å². The Morgan fingerprint density at radius 1 is 1.38 bits per heavy atom. The second kappa shape index (κ2) is 6.06. The Morgan fingerprint density at radius 2 is 2.24 bits per heavy atom. The quantitative estimate of drug-likeness (QED) is 0.845. The molecule has 1 aromatic rings. The highest BCUT2D eigenvalue weighted by atomic mass is 16.2. The number of fused-ring (bicyclic) bond motifs is 1. The molecule has 0 radical (unpaired) electrons. The summed E-state index contributed by atoms with van der Waals surface area (Å²) in [5.41, 5.74) is 9.48. The molecule has 1 aromatic carbocycles. The molecule has 0 spiro atoms. The number of carbonyl (C=O) groups is 1. The molecule has 1 unspecified atom stereocenters. The summed E-state index contributed by atoms with van der Waals surface area (Å²) in [6.45, 7) is 6.36. The lowest BCUT2D eigenvalue weighted by molar-refractivity contribution is -0.134. The molecule has 2 aliphatic heterocycles. The average Bonchev–Trinajstić information content (AvgIpc) is 2.48. The summed E-state index contributed by atoms with van der Waals surface area (Å²) in [7, 11) is 0. The van der Waals surface area contributed by atoms with Crippen LogP contribution in [0.15, 0.2) is 18.2 Å². The van der Waals surface area contributed by atoms with E-state index in [1.165, 1.54) is 17.5 Å². The third-order valence-corrected chi connectivity index (χ3v) is 4.76. The third kappa shape index (κ3) is 3.21. The summed E-state index contributed by atoms with van der Waals surface area (Å²) < 4.78 is 0. The maximum absolute atomic E-state index is 12.5. The van der Waals surface area contributed by atoms with Crippen LogP contribution in [0.25, 0.3) is 0 Å². The molecule has 0 saturated carbocycles. The lowest BCUT2D eigenvalue weighted by Crippen LogP contribution is -2.45. The Hall–Kier alpha value is -1.55. The van der Waals surface area contributed by atoms with Gasteiger partial charge in [-0.1, -0.05) is 19.1 Å². The van der Waals surface area contributed by atoms with Crippen LogP contribution >= 0.6 is 0 Å². The number of carbonyl (C=O) groups excluding carboxylic acids is 1. The van der Waals surface area contributed by atoms with Gasteiger partial charge in [0.1, 0.15) is 0 Å². The van der Waals surface area contributed by atoms with Crippen molar-refractivity contribution in [2.45, 2.75) is 32.7 Å². The summed E-state index contributed by atoms with van der Waals surface area (Å²) >= 11 is 0. The molecular weight excluding hydrogens is 262 g/mol. The molecule has 2 N–H and O–H groups in total. The number of nitrogens with two attached hydrogens (primary N) is 1. The van der Waals surface area contributed by atoms with Crippen LogP contribution in [0.3, 0.4) is 0 Å². The molecule has 4 heteroatoms. The molecule has 1 atom stereocenters. The van der Waals surface area contributed by atoms with E-state index in [-0.39, 0.29) is 5.91 Å². The number of piperidine rings is 1. The lowest BCUT2D eigenvalue weighted by Gasteiger charge is -2.34. The fraction of sp³-hybridized carbons (Fsp3) is 0.588. The number of hydrogen-bond acceptors (Lipinski definition) is 3. The second-order valence-corrected chi connectivity index (χ2v) is 6.53. The van der Waals surface area contributed by atoms with Crippen molar-refractivity contribution >= 4 is 11.6 Å². The molecule has 0 aliphatic carbocycles. The summed E-state index contributed by atoms with van der Waals surface area (Å²) in [5, 5.41) is 0. The number of nitrogens with zero attached hydrogens (tertiary/aromatic N) is 2. The van der Waals surface area contributed by atoms with Gasteiger partial charge in [-0.2, -0.15) is 0 Å². The van der Waals surface area contributed by atoms with Crippen molar-refractivity contribution in [1.29, 1.82) is 0 Å². The fourth-order valence-corrected chi connectivity index (χ4v) is 3.50. The van der Waals surface area contributed by atoms with Crippen molar-refractivity contribution in [3.05, 3.63) is 29.3 Å². The number of likely N-dealkylation sites (tertiary alicyclic amines) is 1. The molecule has 3 rings (SSSR count). The van der Waals surface area contributed by atoms with E-state index in [1.54, 1.807) is 0 Å². The molecule has 0 bridgehead atoms. The minimum Gasteiger partial charge on any atom is -0.398 e. The van der Waals surface area contributed by atoms with Gasteiger partial charge in [0.05, 0.1) is 6.54 Å². The molecule has 1 saturated heterocycles. The van der Waals surface area contributed by atoms with E-state index in [9.17, 15) is 4.79 Å². The highest BCUT2D eigenvalue weighted by Gasteiger charge is 2.25. The number of benzene rings is 1. The van der Waals surface area contributed by atoms with E-state index in [0.29, 0.717) is 12.5 Å². The van der Waals surface area contributed by atoms with Crippen LogP contribution in [0, 0.1) is 5.92 Å². The smallest absolute Gasteiger partial charge is 0.236 e. The standard InChI is InChI=1S/C17H25N3O/c1-13-4-3-8-20(10-13)17(21)12-19-9-7-14-5-2-6-16(18)15(14)11-19/h2,5-6,13H,3-4,7-12,18H2,1H3. The van der Waals surface area contributed by atoms with Crippen LogP contribution in [-0.2, 0) is 17.8 Å². The van der Waals surface area contributed by atoms with Crippen LogP contribution in [0.4, 0.5) is 5.69 Å². The van der Waals surface area contributed by atoms with E-state index in [1.807, 2.05) is 17.0 Å². The van der Waals surface area contributed by atoms with Crippen LogP contribution in [0.5, 0.6) is 0 Å². The van der Waals surface area contributed by atoms with Crippen molar-refractivity contribution < 1.29 is 4.79 Å². The summed E-state index contributed by atoms with van der Waals surface area (Å²) in [5.74, 6) is 0.917. The Bertz CT molecular complexity index is 529. The Balaban J connectivity index is 1.62. The number of anilines is 1. The zero-order valence-electron chi connectivity index (χ0n) is 12.8. The Morgan fingerprint density at radius 3 is 3.05 bits per heavy atom. The van der Waals surface area contributed by atoms with Gasteiger partial charge < -0.3 is 10.6 Å². The van der Waals surface area contributed by atoms with Crippen LogP contribution in [0.2, 0.25) is 0 Å². The van der Waals surface area contributed by atoms with Crippen molar-refractivity contribution in [1.82, 2.24) is 9.80 Å². The zero-order valence-corrected chi connectivity index (χ0v) is 12.8.